The van der Waals surface area contributed by atoms with Crippen LogP contribution in [0, 0.1) is 18.2 Å². The summed E-state index contributed by atoms with van der Waals surface area (Å²) in [4.78, 5) is 0. The molecule has 0 amide bonds. The van der Waals surface area contributed by atoms with Gasteiger partial charge in [0.1, 0.15) is 5.82 Å². The summed E-state index contributed by atoms with van der Waals surface area (Å²) in [5.41, 5.74) is 0.834. The third-order valence-corrected chi connectivity index (χ3v) is 2.59. The van der Waals surface area contributed by atoms with Crippen LogP contribution < -0.4 is 5.32 Å². The van der Waals surface area contributed by atoms with E-state index in [2.05, 4.69) is 18.2 Å². The van der Waals surface area contributed by atoms with Crippen molar-refractivity contribution in [2.45, 2.75) is 32.4 Å². The first-order valence-electron chi connectivity index (χ1n) is 5.27. The first-order valence-corrected chi connectivity index (χ1v) is 5.65. The maximum atomic E-state index is 13.0. The Hall–Kier alpha value is -1.04. The molecule has 0 spiro atoms. The average Bonchev–Trinajstić information content (AvgIpc) is 2.23. The van der Waals surface area contributed by atoms with Gasteiger partial charge >= 0.3 is 0 Å². The lowest BCUT2D eigenvalue weighted by Gasteiger charge is -2.14. The molecule has 0 aliphatic heterocycles. The Bertz CT molecular complexity index is 364. The van der Waals surface area contributed by atoms with Crippen molar-refractivity contribution in [3.8, 4) is 12.3 Å². The van der Waals surface area contributed by atoms with Crippen molar-refractivity contribution in [1.82, 2.24) is 5.32 Å². The van der Waals surface area contributed by atoms with Crippen molar-refractivity contribution in [1.29, 1.82) is 0 Å². The monoisotopic (exact) mass is 239 g/mol. The molecule has 16 heavy (non-hydrogen) atoms. The van der Waals surface area contributed by atoms with Gasteiger partial charge in [0.15, 0.2) is 0 Å². The van der Waals surface area contributed by atoms with Gasteiger partial charge in [-0.1, -0.05) is 18.5 Å². The fraction of sp³-hybridized carbons (Fsp3) is 0.385. The standard InChI is InChI=1S/C13H15ClFN/c1-3-5-13(4-2)16-9-10-6-11(14)8-12(15)7-10/h1,6-8,13,16H,4-5,9H2,2H3. The highest BCUT2D eigenvalue weighted by atomic mass is 35.5. The molecular formula is C13H15ClFN. The Morgan fingerprint density at radius 2 is 2.25 bits per heavy atom. The number of hydrogen-bond acceptors (Lipinski definition) is 1. The quantitative estimate of drug-likeness (QED) is 0.777. The van der Waals surface area contributed by atoms with E-state index in [0.29, 0.717) is 18.0 Å². The molecule has 0 aliphatic rings. The van der Waals surface area contributed by atoms with Crippen LogP contribution in [0.3, 0.4) is 0 Å². The first-order chi connectivity index (χ1) is 7.65. The van der Waals surface area contributed by atoms with Crippen molar-refractivity contribution in [2.75, 3.05) is 0 Å². The van der Waals surface area contributed by atoms with E-state index < -0.39 is 0 Å². The molecule has 1 aromatic carbocycles. The predicted octanol–water partition coefficient (Wildman–Crippen LogP) is 3.37. The highest BCUT2D eigenvalue weighted by Crippen LogP contribution is 2.14. The average molecular weight is 240 g/mol. The van der Waals surface area contributed by atoms with Crippen molar-refractivity contribution < 1.29 is 4.39 Å². The van der Waals surface area contributed by atoms with E-state index in [0.717, 1.165) is 12.0 Å². The summed E-state index contributed by atoms with van der Waals surface area (Å²) >= 11 is 5.76. The minimum atomic E-state index is -0.311. The molecule has 0 fully saturated rings. The molecule has 1 atom stereocenters. The van der Waals surface area contributed by atoms with Gasteiger partial charge in [-0.05, 0) is 30.2 Å². The van der Waals surface area contributed by atoms with Gasteiger partial charge in [-0.2, -0.15) is 0 Å². The summed E-state index contributed by atoms with van der Waals surface area (Å²) in [7, 11) is 0. The maximum Gasteiger partial charge on any atom is 0.125 e. The van der Waals surface area contributed by atoms with E-state index in [1.807, 2.05) is 0 Å². The second kappa shape index (κ2) is 6.52. The largest absolute Gasteiger partial charge is 0.309 e. The third-order valence-electron chi connectivity index (χ3n) is 2.37. The number of hydrogen-bond donors (Lipinski definition) is 1. The molecule has 0 bridgehead atoms. The van der Waals surface area contributed by atoms with Crippen LogP contribution in [0.2, 0.25) is 5.02 Å². The number of terminal acetylenes is 1. The summed E-state index contributed by atoms with van der Waals surface area (Å²) in [5, 5.41) is 3.69. The Morgan fingerprint density at radius 3 is 2.81 bits per heavy atom. The van der Waals surface area contributed by atoms with Gasteiger partial charge in [0.25, 0.3) is 0 Å². The number of halogens is 2. The summed E-state index contributed by atoms with van der Waals surface area (Å²) in [6.07, 6.45) is 6.88. The van der Waals surface area contributed by atoms with Gasteiger partial charge in [-0.3, -0.25) is 0 Å². The fourth-order valence-corrected chi connectivity index (χ4v) is 1.72. The van der Waals surface area contributed by atoms with E-state index in [1.54, 1.807) is 6.07 Å². The smallest absolute Gasteiger partial charge is 0.125 e. The van der Waals surface area contributed by atoms with Gasteiger partial charge in [-0.25, -0.2) is 4.39 Å². The minimum Gasteiger partial charge on any atom is -0.309 e. The Labute approximate surface area is 101 Å². The lowest BCUT2D eigenvalue weighted by atomic mass is 10.1. The normalized spacial score (nSPS) is 12.1. The molecule has 0 radical (unpaired) electrons. The van der Waals surface area contributed by atoms with Crippen molar-refractivity contribution >= 4 is 11.6 Å². The van der Waals surface area contributed by atoms with E-state index in [4.69, 9.17) is 18.0 Å². The van der Waals surface area contributed by atoms with Crippen LogP contribution in [0.15, 0.2) is 18.2 Å². The zero-order valence-electron chi connectivity index (χ0n) is 9.26. The third kappa shape index (κ3) is 4.22. The second-order valence-electron chi connectivity index (χ2n) is 3.67. The molecule has 1 aromatic rings. The molecule has 1 nitrogen and oxygen atoms in total. The molecule has 0 saturated carbocycles. The Kier molecular flexibility index (Phi) is 5.31. The number of benzene rings is 1. The highest BCUT2D eigenvalue weighted by molar-refractivity contribution is 6.30. The molecular weight excluding hydrogens is 225 g/mol. The molecule has 3 heteroatoms. The summed E-state index contributed by atoms with van der Waals surface area (Å²) in [5.74, 6) is 2.30. The van der Waals surface area contributed by atoms with Gasteiger partial charge in [0.05, 0.1) is 0 Å². The van der Waals surface area contributed by atoms with Crippen LogP contribution >= 0.6 is 11.6 Å². The topological polar surface area (TPSA) is 12.0 Å². The zero-order chi connectivity index (χ0) is 12.0. The molecule has 0 aromatic heterocycles. The Morgan fingerprint density at radius 1 is 1.50 bits per heavy atom. The van der Waals surface area contributed by atoms with Gasteiger partial charge < -0.3 is 5.32 Å². The van der Waals surface area contributed by atoms with E-state index in [9.17, 15) is 4.39 Å². The highest BCUT2D eigenvalue weighted by Gasteiger charge is 2.04. The molecule has 1 unspecified atom stereocenters. The van der Waals surface area contributed by atoms with Crippen LogP contribution in [-0.2, 0) is 6.54 Å². The molecule has 1 N–H and O–H groups in total. The van der Waals surface area contributed by atoms with Crippen LogP contribution in [0.25, 0.3) is 0 Å². The summed E-state index contributed by atoms with van der Waals surface area (Å²) in [6.45, 7) is 2.64. The van der Waals surface area contributed by atoms with E-state index in [-0.39, 0.29) is 11.9 Å². The molecule has 0 aliphatic carbocycles. The summed E-state index contributed by atoms with van der Waals surface area (Å²) in [6, 6.07) is 4.79. The predicted molar refractivity (Wildman–Crippen MR) is 65.8 cm³/mol. The SMILES string of the molecule is C#CCC(CC)NCc1cc(F)cc(Cl)c1. The molecule has 1 rings (SSSR count). The van der Waals surface area contributed by atoms with Crippen LogP contribution in [0.1, 0.15) is 25.3 Å². The van der Waals surface area contributed by atoms with Crippen molar-refractivity contribution in [2.24, 2.45) is 0 Å². The first kappa shape index (κ1) is 13.0. The van der Waals surface area contributed by atoms with E-state index >= 15 is 0 Å². The number of nitrogens with one attached hydrogen (secondary N) is 1. The second-order valence-corrected chi connectivity index (χ2v) is 4.11. The minimum absolute atomic E-state index is 0.270. The van der Waals surface area contributed by atoms with Crippen molar-refractivity contribution in [3.63, 3.8) is 0 Å². The van der Waals surface area contributed by atoms with Gasteiger partial charge in [-0.15, -0.1) is 12.3 Å². The van der Waals surface area contributed by atoms with Crippen LogP contribution in [-0.4, -0.2) is 6.04 Å². The molecule has 0 saturated heterocycles. The van der Waals surface area contributed by atoms with Crippen molar-refractivity contribution in [3.05, 3.63) is 34.6 Å². The van der Waals surface area contributed by atoms with Crippen LogP contribution in [0.4, 0.5) is 4.39 Å². The fourth-order valence-electron chi connectivity index (χ4n) is 1.48. The number of rotatable bonds is 5. The maximum absolute atomic E-state index is 13.0. The van der Waals surface area contributed by atoms with Gasteiger partial charge in [0.2, 0.25) is 0 Å². The van der Waals surface area contributed by atoms with Gasteiger partial charge in [0, 0.05) is 24.0 Å². The lowest BCUT2D eigenvalue weighted by Crippen LogP contribution is -2.27. The lowest BCUT2D eigenvalue weighted by molar-refractivity contribution is 0.505. The molecule has 86 valence electrons. The zero-order valence-corrected chi connectivity index (χ0v) is 10.0. The molecule has 0 heterocycles. The Balaban J connectivity index is 2.57. The summed E-state index contributed by atoms with van der Waals surface area (Å²) < 4.78 is 13.0. The van der Waals surface area contributed by atoms with E-state index in [1.165, 1.54) is 12.1 Å². The van der Waals surface area contributed by atoms with Crippen LogP contribution in [0.5, 0.6) is 0 Å².